The minimum atomic E-state index is 0.921. The summed E-state index contributed by atoms with van der Waals surface area (Å²) >= 11 is 4.09. The summed E-state index contributed by atoms with van der Waals surface area (Å²) < 4.78 is 0. The molecule has 0 atom stereocenters. The van der Waals surface area contributed by atoms with Gasteiger partial charge in [-0.05, 0) is 37.1 Å². The molecule has 2 heterocycles. The summed E-state index contributed by atoms with van der Waals surface area (Å²) in [5.74, 6) is 0. The molecule has 78 valence electrons. The van der Waals surface area contributed by atoms with E-state index in [0.29, 0.717) is 0 Å². The number of aromatic nitrogens is 2. The summed E-state index contributed by atoms with van der Waals surface area (Å²) in [7, 11) is 0. The fourth-order valence-electron chi connectivity index (χ4n) is 0.987. The van der Waals surface area contributed by atoms with Crippen molar-refractivity contribution in [2.75, 3.05) is 0 Å². The van der Waals surface area contributed by atoms with Crippen molar-refractivity contribution in [3.63, 3.8) is 0 Å². The fraction of sp³-hybridized carbons (Fsp3) is 0.167. The normalized spacial score (nSPS) is 9.00. The zero-order chi connectivity index (χ0) is 11.1. The van der Waals surface area contributed by atoms with Crippen LogP contribution in [0.3, 0.4) is 0 Å². The molecule has 15 heavy (non-hydrogen) atoms. The lowest BCUT2D eigenvalue weighted by Crippen LogP contribution is -1.73. The number of hydrogen-bond donors (Lipinski definition) is 1. The van der Waals surface area contributed by atoms with Crippen LogP contribution in [0.15, 0.2) is 47.9 Å². The number of nitrogens with zero attached hydrogens (tertiary/aromatic N) is 2. The van der Waals surface area contributed by atoms with Crippen LogP contribution in [0.25, 0.3) is 0 Å². The lowest BCUT2D eigenvalue weighted by atomic mass is 10.3. The average Bonchev–Trinajstić information content (AvgIpc) is 2.19. The van der Waals surface area contributed by atoms with Gasteiger partial charge in [-0.25, -0.2) is 0 Å². The van der Waals surface area contributed by atoms with Crippen molar-refractivity contribution in [1.29, 1.82) is 0 Å². The van der Waals surface area contributed by atoms with E-state index in [2.05, 4.69) is 22.6 Å². The van der Waals surface area contributed by atoms with E-state index < -0.39 is 0 Å². The monoisotopic (exact) mass is 218 g/mol. The second kappa shape index (κ2) is 6.19. The first-order chi connectivity index (χ1) is 7.18. The molecule has 0 N–H and O–H groups in total. The third-order valence-electron chi connectivity index (χ3n) is 1.67. The van der Waals surface area contributed by atoms with E-state index in [1.165, 1.54) is 5.56 Å². The summed E-state index contributed by atoms with van der Waals surface area (Å²) in [6.45, 7) is 4.01. The first-order valence-corrected chi connectivity index (χ1v) is 5.10. The minimum Gasteiger partial charge on any atom is -0.264 e. The van der Waals surface area contributed by atoms with Crippen LogP contribution in [0.4, 0.5) is 0 Å². The van der Waals surface area contributed by atoms with E-state index >= 15 is 0 Å². The van der Waals surface area contributed by atoms with Gasteiger partial charge in [0, 0.05) is 29.7 Å². The number of rotatable bonds is 0. The largest absolute Gasteiger partial charge is 0.264 e. The molecule has 2 aromatic heterocycles. The van der Waals surface area contributed by atoms with E-state index in [1.54, 1.807) is 18.6 Å². The zero-order valence-corrected chi connectivity index (χ0v) is 9.78. The van der Waals surface area contributed by atoms with Crippen LogP contribution in [0.5, 0.6) is 0 Å². The van der Waals surface area contributed by atoms with Crippen molar-refractivity contribution < 1.29 is 0 Å². The van der Waals surface area contributed by atoms with Crippen molar-refractivity contribution >= 4 is 12.6 Å². The van der Waals surface area contributed by atoms with Crippen LogP contribution in [-0.4, -0.2) is 9.97 Å². The third-order valence-corrected chi connectivity index (χ3v) is 1.91. The van der Waals surface area contributed by atoms with Crippen molar-refractivity contribution in [3.05, 3.63) is 54.1 Å². The van der Waals surface area contributed by atoms with Gasteiger partial charge in [-0.1, -0.05) is 6.07 Å². The Bertz CT molecular complexity index is 384. The Morgan fingerprint density at radius 2 is 1.73 bits per heavy atom. The smallest absolute Gasteiger partial charge is 0.0401 e. The first-order valence-electron chi connectivity index (χ1n) is 4.66. The lowest BCUT2D eigenvalue weighted by molar-refractivity contribution is 1.19. The molecule has 0 aromatic carbocycles. The molecular weight excluding hydrogens is 204 g/mol. The molecule has 2 aromatic rings. The molecule has 0 radical (unpaired) electrons. The Morgan fingerprint density at radius 3 is 2.07 bits per heavy atom. The van der Waals surface area contributed by atoms with E-state index in [-0.39, 0.29) is 0 Å². The first kappa shape index (κ1) is 11.7. The zero-order valence-electron chi connectivity index (χ0n) is 8.88. The number of aryl methyl sites for hydroxylation is 2. The lowest BCUT2D eigenvalue weighted by Gasteiger charge is -1.89. The molecule has 0 fully saturated rings. The molecule has 2 rings (SSSR count). The molecule has 0 aliphatic carbocycles. The second-order valence-electron chi connectivity index (χ2n) is 3.25. The molecule has 0 saturated heterocycles. The predicted molar refractivity (Wildman–Crippen MR) is 65.2 cm³/mol. The average molecular weight is 218 g/mol. The molecular formula is C12H14N2S. The predicted octanol–water partition coefficient (Wildman–Crippen LogP) is 3.07. The molecule has 0 amide bonds. The Morgan fingerprint density at radius 1 is 1.00 bits per heavy atom. The van der Waals surface area contributed by atoms with Gasteiger partial charge in [0.1, 0.15) is 0 Å². The highest BCUT2D eigenvalue weighted by molar-refractivity contribution is 7.80. The third kappa shape index (κ3) is 5.18. The second-order valence-corrected chi connectivity index (χ2v) is 3.77. The molecule has 0 aliphatic heterocycles. The van der Waals surface area contributed by atoms with Crippen LogP contribution < -0.4 is 0 Å². The summed E-state index contributed by atoms with van der Waals surface area (Å²) in [5, 5.41) is 0. The van der Waals surface area contributed by atoms with Crippen molar-refractivity contribution in [1.82, 2.24) is 9.97 Å². The molecule has 0 spiro atoms. The highest BCUT2D eigenvalue weighted by Gasteiger charge is 1.82. The van der Waals surface area contributed by atoms with Crippen LogP contribution >= 0.6 is 12.6 Å². The van der Waals surface area contributed by atoms with Gasteiger partial charge in [0.2, 0.25) is 0 Å². The van der Waals surface area contributed by atoms with E-state index in [0.717, 1.165) is 10.5 Å². The highest BCUT2D eigenvalue weighted by Crippen LogP contribution is 2.03. The summed E-state index contributed by atoms with van der Waals surface area (Å²) in [5.41, 5.74) is 2.36. The Balaban J connectivity index is 0.000000151. The number of thiol groups is 1. The van der Waals surface area contributed by atoms with E-state index in [4.69, 9.17) is 0 Å². The van der Waals surface area contributed by atoms with Gasteiger partial charge in [0.05, 0.1) is 0 Å². The van der Waals surface area contributed by atoms with Gasteiger partial charge < -0.3 is 0 Å². The van der Waals surface area contributed by atoms with Gasteiger partial charge in [-0.15, -0.1) is 12.6 Å². The minimum absolute atomic E-state index is 0.921. The maximum Gasteiger partial charge on any atom is 0.0401 e. The Hall–Kier alpha value is -1.35. The molecule has 0 saturated carbocycles. The Labute approximate surface area is 95.8 Å². The maximum atomic E-state index is 4.09. The van der Waals surface area contributed by atoms with Crippen molar-refractivity contribution in [2.45, 2.75) is 18.7 Å². The summed E-state index contributed by atoms with van der Waals surface area (Å²) in [6.07, 6.45) is 7.13. The van der Waals surface area contributed by atoms with Gasteiger partial charge in [0.15, 0.2) is 0 Å². The van der Waals surface area contributed by atoms with Crippen LogP contribution in [0, 0.1) is 13.8 Å². The standard InChI is InChI=1S/C6H7NS.C6H7N/c1-5-2-6(8)4-7-3-5;1-6-3-2-4-7-5-6/h2-4,8H,1H3;2-5H,1H3. The molecule has 3 heteroatoms. The molecule has 0 bridgehead atoms. The molecule has 0 unspecified atom stereocenters. The van der Waals surface area contributed by atoms with Crippen molar-refractivity contribution in [3.8, 4) is 0 Å². The molecule has 2 nitrogen and oxygen atoms in total. The number of pyridine rings is 2. The summed E-state index contributed by atoms with van der Waals surface area (Å²) in [6, 6.07) is 5.92. The van der Waals surface area contributed by atoms with Gasteiger partial charge in [-0.3, -0.25) is 9.97 Å². The van der Waals surface area contributed by atoms with Crippen LogP contribution in [0.2, 0.25) is 0 Å². The maximum absolute atomic E-state index is 4.09. The van der Waals surface area contributed by atoms with Gasteiger partial charge in [-0.2, -0.15) is 0 Å². The van der Waals surface area contributed by atoms with Gasteiger partial charge in [0.25, 0.3) is 0 Å². The Kier molecular flexibility index (Phi) is 4.84. The topological polar surface area (TPSA) is 25.8 Å². The summed E-state index contributed by atoms with van der Waals surface area (Å²) in [4.78, 5) is 8.71. The van der Waals surface area contributed by atoms with Crippen LogP contribution in [-0.2, 0) is 0 Å². The number of hydrogen-bond acceptors (Lipinski definition) is 3. The van der Waals surface area contributed by atoms with E-state index in [1.807, 2.05) is 38.2 Å². The van der Waals surface area contributed by atoms with E-state index in [9.17, 15) is 0 Å². The van der Waals surface area contributed by atoms with Crippen LogP contribution in [0.1, 0.15) is 11.1 Å². The SMILES string of the molecule is Cc1cccnc1.Cc1cncc(S)c1. The molecule has 0 aliphatic rings. The van der Waals surface area contributed by atoms with Gasteiger partial charge >= 0.3 is 0 Å². The van der Waals surface area contributed by atoms with Crippen molar-refractivity contribution in [2.24, 2.45) is 0 Å². The highest BCUT2D eigenvalue weighted by atomic mass is 32.1. The fourth-order valence-corrected chi connectivity index (χ4v) is 1.26. The quantitative estimate of drug-likeness (QED) is 0.688.